The van der Waals surface area contributed by atoms with Gasteiger partial charge in [-0.25, -0.2) is 0 Å². The number of nitrogens with two attached hydrogens (primary N) is 1. The molecular weight excluding hydrogens is 249 g/mol. The number of hydrogen-bond donors (Lipinski definition) is 2. The molecule has 0 aliphatic heterocycles. The smallest absolute Gasteiger partial charge is 0.350 e. The summed E-state index contributed by atoms with van der Waals surface area (Å²) < 4.78 is 39.0. The van der Waals surface area contributed by atoms with Crippen LogP contribution in [0.5, 0.6) is 0 Å². The number of hydrogen-bond acceptors (Lipinski definition) is 3. The molecule has 2 atom stereocenters. The van der Waals surface area contributed by atoms with Crippen molar-refractivity contribution in [3.63, 3.8) is 0 Å². The summed E-state index contributed by atoms with van der Waals surface area (Å²) in [6.07, 6.45) is -1.60. The number of aromatic nitrogens is 2. The first kappa shape index (κ1) is 14.5. The Kier molecular flexibility index (Phi) is 4.00. The molecule has 1 amide bonds. The molecule has 18 heavy (non-hydrogen) atoms. The fraction of sp³-hybridized carbons (Fsp3) is 0.600. The Hall–Kier alpha value is -1.57. The van der Waals surface area contributed by atoms with Crippen LogP contribution in [0.4, 0.5) is 13.2 Å². The van der Waals surface area contributed by atoms with Gasteiger partial charge in [0.25, 0.3) is 0 Å². The summed E-state index contributed by atoms with van der Waals surface area (Å²) in [5.74, 6) is -1.25. The summed E-state index contributed by atoms with van der Waals surface area (Å²) in [6, 6.07) is 1.17. The van der Waals surface area contributed by atoms with E-state index in [1.807, 2.05) is 0 Å². The predicted molar refractivity (Wildman–Crippen MR) is 58.5 cm³/mol. The molecule has 2 unspecified atom stereocenters. The van der Waals surface area contributed by atoms with Crippen molar-refractivity contribution >= 4 is 5.91 Å². The van der Waals surface area contributed by atoms with Gasteiger partial charge >= 0.3 is 6.18 Å². The maximum atomic E-state index is 12.5. The van der Waals surface area contributed by atoms with Gasteiger partial charge in [0.2, 0.25) is 5.91 Å². The van der Waals surface area contributed by atoms with Crippen molar-refractivity contribution < 1.29 is 18.0 Å². The predicted octanol–water partition coefficient (Wildman–Crippen LogP) is 0.668. The average molecular weight is 264 g/mol. The Morgan fingerprint density at radius 1 is 1.56 bits per heavy atom. The van der Waals surface area contributed by atoms with Crippen LogP contribution >= 0.6 is 0 Å². The van der Waals surface area contributed by atoms with Gasteiger partial charge in [-0.15, -0.1) is 0 Å². The van der Waals surface area contributed by atoms with E-state index in [2.05, 4.69) is 10.4 Å². The molecule has 0 radical (unpaired) electrons. The van der Waals surface area contributed by atoms with E-state index in [-0.39, 0.29) is 6.54 Å². The zero-order valence-corrected chi connectivity index (χ0v) is 10.0. The van der Waals surface area contributed by atoms with Crippen molar-refractivity contribution in [1.29, 1.82) is 0 Å². The molecule has 5 nitrogen and oxygen atoms in total. The number of halogens is 3. The molecule has 0 aromatic carbocycles. The summed E-state index contributed by atoms with van der Waals surface area (Å²) in [7, 11) is 0. The maximum absolute atomic E-state index is 12.5. The lowest BCUT2D eigenvalue weighted by Crippen LogP contribution is -2.62. The third-order valence-corrected chi connectivity index (χ3v) is 2.46. The van der Waals surface area contributed by atoms with Crippen LogP contribution in [0.3, 0.4) is 0 Å². The first-order valence-corrected chi connectivity index (χ1v) is 5.28. The van der Waals surface area contributed by atoms with Crippen molar-refractivity contribution in [2.24, 2.45) is 5.73 Å². The van der Waals surface area contributed by atoms with E-state index in [1.54, 1.807) is 19.2 Å². The van der Waals surface area contributed by atoms with Crippen LogP contribution in [0, 0.1) is 0 Å². The normalized spacial score (nSPS) is 17.0. The van der Waals surface area contributed by atoms with E-state index in [0.29, 0.717) is 6.92 Å². The van der Waals surface area contributed by atoms with E-state index >= 15 is 0 Å². The van der Waals surface area contributed by atoms with Crippen molar-refractivity contribution in [2.45, 2.75) is 38.1 Å². The minimum Gasteiger partial charge on any atom is -0.350 e. The molecule has 1 aromatic heterocycles. The second-order valence-electron chi connectivity index (χ2n) is 4.30. The van der Waals surface area contributed by atoms with Crippen LogP contribution in [0.2, 0.25) is 0 Å². The van der Waals surface area contributed by atoms with E-state index < -0.39 is 23.7 Å². The number of carbonyl (C=O) groups is 1. The van der Waals surface area contributed by atoms with Gasteiger partial charge in [-0.1, -0.05) is 0 Å². The lowest BCUT2D eigenvalue weighted by molar-refractivity contribution is -0.187. The van der Waals surface area contributed by atoms with Gasteiger partial charge in [0, 0.05) is 18.4 Å². The van der Waals surface area contributed by atoms with Crippen molar-refractivity contribution in [1.82, 2.24) is 15.1 Å². The van der Waals surface area contributed by atoms with E-state index in [1.165, 1.54) is 10.9 Å². The molecule has 8 heteroatoms. The van der Waals surface area contributed by atoms with Crippen LogP contribution in [-0.2, 0) is 11.3 Å². The maximum Gasteiger partial charge on any atom is 0.415 e. The third-order valence-electron chi connectivity index (χ3n) is 2.46. The topological polar surface area (TPSA) is 72.9 Å². The zero-order valence-electron chi connectivity index (χ0n) is 10.0. The molecule has 0 bridgehead atoms. The number of nitrogens with zero attached hydrogens (tertiary/aromatic N) is 2. The molecule has 0 spiro atoms. The molecule has 0 aliphatic carbocycles. The molecule has 0 aliphatic rings. The van der Waals surface area contributed by atoms with E-state index in [4.69, 9.17) is 5.73 Å². The Balaban J connectivity index is 2.59. The van der Waals surface area contributed by atoms with Gasteiger partial charge in [0.1, 0.15) is 0 Å². The Morgan fingerprint density at radius 3 is 2.61 bits per heavy atom. The Morgan fingerprint density at radius 2 is 2.17 bits per heavy atom. The van der Waals surface area contributed by atoms with Crippen molar-refractivity contribution in [2.75, 3.05) is 0 Å². The molecule has 0 saturated carbocycles. The molecular formula is C10H15F3N4O. The standard InChI is InChI=1S/C10H15F3N4O/c1-7(6-17-5-3-4-15-17)16-8(18)9(2,14)10(11,12)13/h3-5,7H,6,14H2,1-2H3,(H,16,18). The van der Waals surface area contributed by atoms with Gasteiger partial charge in [-0.05, 0) is 19.9 Å². The lowest BCUT2D eigenvalue weighted by atomic mass is 10.0. The second-order valence-corrected chi connectivity index (χ2v) is 4.30. The molecule has 102 valence electrons. The summed E-state index contributed by atoms with van der Waals surface area (Å²) in [4.78, 5) is 11.5. The van der Waals surface area contributed by atoms with Crippen LogP contribution in [0.15, 0.2) is 18.5 Å². The number of nitrogens with one attached hydrogen (secondary N) is 1. The highest BCUT2D eigenvalue weighted by atomic mass is 19.4. The Labute approximate surface area is 102 Å². The van der Waals surface area contributed by atoms with Crippen molar-refractivity contribution in [3.8, 4) is 0 Å². The van der Waals surface area contributed by atoms with Crippen molar-refractivity contribution in [3.05, 3.63) is 18.5 Å². The number of alkyl halides is 3. The monoisotopic (exact) mass is 264 g/mol. The SMILES string of the molecule is CC(Cn1cccn1)NC(=O)C(C)(N)C(F)(F)F. The summed E-state index contributed by atoms with van der Waals surface area (Å²) in [5.41, 5.74) is 2.10. The average Bonchev–Trinajstić information content (AvgIpc) is 2.68. The van der Waals surface area contributed by atoms with E-state index in [9.17, 15) is 18.0 Å². The van der Waals surface area contributed by atoms with Crippen LogP contribution < -0.4 is 11.1 Å². The molecule has 0 saturated heterocycles. The quantitative estimate of drug-likeness (QED) is 0.839. The van der Waals surface area contributed by atoms with Gasteiger partial charge in [0.05, 0.1) is 6.54 Å². The van der Waals surface area contributed by atoms with Crippen LogP contribution in [0.1, 0.15) is 13.8 Å². The van der Waals surface area contributed by atoms with Crippen LogP contribution in [-0.4, -0.2) is 33.4 Å². The minimum atomic E-state index is -4.79. The summed E-state index contributed by atoms with van der Waals surface area (Å²) in [5, 5.41) is 6.11. The Bertz CT molecular complexity index is 400. The largest absolute Gasteiger partial charge is 0.415 e. The lowest BCUT2D eigenvalue weighted by Gasteiger charge is -2.27. The fourth-order valence-corrected chi connectivity index (χ4v) is 1.24. The van der Waals surface area contributed by atoms with E-state index in [0.717, 1.165) is 0 Å². The first-order valence-electron chi connectivity index (χ1n) is 5.28. The minimum absolute atomic E-state index is 0.271. The highest BCUT2D eigenvalue weighted by Gasteiger charge is 2.54. The third kappa shape index (κ3) is 3.22. The number of rotatable bonds is 4. The van der Waals surface area contributed by atoms with Gasteiger partial charge in [-0.2, -0.15) is 18.3 Å². The summed E-state index contributed by atoms with van der Waals surface area (Å²) >= 11 is 0. The highest BCUT2D eigenvalue weighted by Crippen LogP contribution is 2.27. The molecule has 3 N–H and O–H groups in total. The summed E-state index contributed by atoms with van der Waals surface area (Å²) in [6.45, 7) is 2.49. The fourth-order valence-electron chi connectivity index (χ4n) is 1.24. The van der Waals surface area contributed by atoms with Gasteiger partial charge in [-0.3, -0.25) is 9.48 Å². The number of carbonyl (C=O) groups excluding carboxylic acids is 1. The molecule has 0 fully saturated rings. The zero-order chi connectivity index (χ0) is 14.0. The second kappa shape index (κ2) is 4.97. The highest BCUT2D eigenvalue weighted by molar-refractivity contribution is 5.86. The first-order chi connectivity index (χ1) is 8.14. The molecule has 1 aromatic rings. The molecule has 1 heterocycles. The van der Waals surface area contributed by atoms with Gasteiger partial charge < -0.3 is 11.1 Å². The van der Waals surface area contributed by atoms with Crippen LogP contribution in [0.25, 0.3) is 0 Å². The molecule has 1 rings (SSSR count). The van der Waals surface area contributed by atoms with Gasteiger partial charge in [0.15, 0.2) is 5.54 Å². The number of amides is 1.